The summed E-state index contributed by atoms with van der Waals surface area (Å²) in [6, 6.07) is 8.14. The van der Waals surface area contributed by atoms with Crippen LogP contribution in [0.1, 0.15) is 24.0 Å². The monoisotopic (exact) mass is 451 g/mol. The second kappa shape index (κ2) is 10.1. The normalized spacial score (nSPS) is 14.9. The van der Waals surface area contributed by atoms with E-state index < -0.39 is 11.7 Å². The van der Waals surface area contributed by atoms with E-state index in [1.807, 2.05) is 23.1 Å². The second-order valence-corrected chi connectivity index (χ2v) is 7.86. The van der Waals surface area contributed by atoms with Crippen molar-refractivity contribution in [1.82, 2.24) is 9.88 Å². The van der Waals surface area contributed by atoms with Gasteiger partial charge in [-0.15, -0.1) is 0 Å². The summed E-state index contributed by atoms with van der Waals surface area (Å²) in [7, 11) is 4.97. The van der Waals surface area contributed by atoms with Crippen LogP contribution < -0.4 is 14.4 Å². The predicted octanol–water partition coefficient (Wildman–Crippen LogP) is 4.04. The van der Waals surface area contributed by atoms with Crippen LogP contribution in [-0.2, 0) is 17.4 Å². The van der Waals surface area contributed by atoms with Crippen LogP contribution in [0.25, 0.3) is 0 Å². The Hall–Kier alpha value is -2.97. The first-order valence-electron chi connectivity index (χ1n) is 10.5. The SMILES string of the molecule is COc1ccc(CCN(C)C(=O)C2CCN(c3ccc(C(F)(F)F)cn3)CC2)cc1OC. The van der Waals surface area contributed by atoms with Crippen molar-refractivity contribution < 1.29 is 27.4 Å². The Labute approximate surface area is 185 Å². The largest absolute Gasteiger partial charge is 0.493 e. The molecule has 1 amide bonds. The number of pyridine rings is 1. The average molecular weight is 451 g/mol. The number of halogens is 3. The zero-order valence-corrected chi connectivity index (χ0v) is 18.5. The van der Waals surface area contributed by atoms with Crippen LogP contribution in [0.5, 0.6) is 11.5 Å². The fourth-order valence-electron chi connectivity index (χ4n) is 3.85. The molecule has 32 heavy (non-hydrogen) atoms. The molecule has 174 valence electrons. The predicted molar refractivity (Wildman–Crippen MR) is 115 cm³/mol. The van der Waals surface area contributed by atoms with Crippen LogP contribution in [0, 0.1) is 5.92 Å². The summed E-state index contributed by atoms with van der Waals surface area (Å²) >= 11 is 0. The average Bonchev–Trinajstić information content (AvgIpc) is 2.81. The van der Waals surface area contributed by atoms with E-state index in [-0.39, 0.29) is 11.8 Å². The molecule has 0 N–H and O–H groups in total. The van der Waals surface area contributed by atoms with Gasteiger partial charge in [-0.05, 0) is 49.1 Å². The number of alkyl halides is 3. The highest BCUT2D eigenvalue weighted by atomic mass is 19.4. The van der Waals surface area contributed by atoms with E-state index in [9.17, 15) is 18.0 Å². The molecule has 2 heterocycles. The summed E-state index contributed by atoms with van der Waals surface area (Å²) in [5.41, 5.74) is 0.285. The molecule has 0 atom stereocenters. The number of rotatable bonds is 7. The summed E-state index contributed by atoms with van der Waals surface area (Å²) < 4.78 is 48.7. The highest BCUT2D eigenvalue weighted by Crippen LogP contribution is 2.31. The summed E-state index contributed by atoms with van der Waals surface area (Å²) in [5.74, 6) is 1.81. The summed E-state index contributed by atoms with van der Waals surface area (Å²) in [6.07, 6.45) is -1.57. The quantitative estimate of drug-likeness (QED) is 0.636. The Balaban J connectivity index is 1.50. The molecular weight excluding hydrogens is 423 g/mol. The van der Waals surface area contributed by atoms with Gasteiger partial charge in [-0.2, -0.15) is 13.2 Å². The second-order valence-electron chi connectivity index (χ2n) is 7.86. The number of hydrogen-bond donors (Lipinski definition) is 0. The molecule has 1 saturated heterocycles. The molecule has 1 aliphatic rings. The van der Waals surface area contributed by atoms with Gasteiger partial charge in [0.1, 0.15) is 5.82 Å². The van der Waals surface area contributed by atoms with Gasteiger partial charge in [-0.1, -0.05) is 6.07 Å². The van der Waals surface area contributed by atoms with E-state index in [1.165, 1.54) is 6.07 Å². The van der Waals surface area contributed by atoms with Gasteiger partial charge in [-0.3, -0.25) is 4.79 Å². The number of nitrogens with zero attached hydrogens (tertiary/aromatic N) is 3. The number of hydrogen-bond acceptors (Lipinski definition) is 5. The number of piperidine rings is 1. The topological polar surface area (TPSA) is 54.9 Å². The lowest BCUT2D eigenvalue weighted by Gasteiger charge is -2.34. The lowest BCUT2D eigenvalue weighted by atomic mass is 9.95. The van der Waals surface area contributed by atoms with Crippen LogP contribution in [0.15, 0.2) is 36.5 Å². The Bertz CT molecular complexity index is 911. The van der Waals surface area contributed by atoms with Crippen LogP contribution in [0.3, 0.4) is 0 Å². The first kappa shape index (κ1) is 23.7. The van der Waals surface area contributed by atoms with Crippen molar-refractivity contribution in [1.29, 1.82) is 0 Å². The van der Waals surface area contributed by atoms with Crippen LogP contribution in [-0.4, -0.2) is 56.7 Å². The Morgan fingerprint density at radius 1 is 1.12 bits per heavy atom. The van der Waals surface area contributed by atoms with Gasteiger partial charge in [0.15, 0.2) is 11.5 Å². The van der Waals surface area contributed by atoms with E-state index in [0.29, 0.717) is 56.2 Å². The van der Waals surface area contributed by atoms with E-state index in [2.05, 4.69) is 4.98 Å². The van der Waals surface area contributed by atoms with Gasteiger partial charge in [-0.25, -0.2) is 4.98 Å². The summed E-state index contributed by atoms with van der Waals surface area (Å²) in [4.78, 5) is 20.5. The first-order chi connectivity index (χ1) is 15.2. The number of amides is 1. The Morgan fingerprint density at radius 3 is 2.38 bits per heavy atom. The Kier molecular flexibility index (Phi) is 7.48. The van der Waals surface area contributed by atoms with Crippen molar-refractivity contribution in [3.05, 3.63) is 47.7 Å². The van der Waals surface area contributed by atoms with Crippen molar-refractivity contribution in [3.63, 3.8) is 0 Å². The van der Waals surface area contributed by atoms with Crippen molar-refractivity contribution in [3.8, 4) is 11.5 Å². The van der Waals surface area contributed by atoms with E-state index >= 15 is 0 Å². The maximum atomic E-state index is 12.9. The van der Waals surface area contributed by atoms with Gasteiger partial charge in [0, 0.05) is 38.8 Å². The lowest BCUT2D eigenvalue weighted by molar-refractivity contribution is -0.138. The van der Waals surface area contributed by atoms with Gasteiger partial charge in [0.2, 0.25) is 5.91 Å². The van der Waals surface area contributed by atoms with Crippen molar-refractivity contribution >= 4 is 11.7 Å². The van der Waals surface area contributed by atoms with Crippen LogP contribution in [0.2, 0.25) is 0 Å². The molecule has 1 aromatic heterocycles. The Morgan fingerprint density at radius 2 is 1.81 bits per heavy atom. The molecule has 0 saturated carbocycles. The number of carbonyl (C=O) groups excluding carboxylic acids is 1. The summed E-state index contributed by atoms with van der Waals surface area (Å²) in [6.45, 7) is 1.74. The molecule has 1 aromatic carbocycles. The first-order valence-corrected chi connectivity index (χ1v) is 10.5. The van der Waals surface area contributed by atoms with Gasteiger partial charge >= 0.3 is 6.18 Å². The molecular formula is C23H28F3N3O3. The number of carbonyl (C=O) groups is 1. The molecule has 0 unspecified atom stereocenters. The number of methoxy groups -OCH3 is 2. The smallest absolute Gasteiger partial charge is 0.417 e. The third kappa shape index (κ3) is 5.63. The fraction of sp³-hybridized carbons (Fsp3) is 0.478. The zero-order chi connectivity index (χ0) is 23.3. The van der Waals surface area contributed by atoms with Gasteiger partial charge in [0.05, 0.1) is 19.8 Å². The maximum absolute atomic E-state index is 12.9. The molecule has 6 nitrogen and oxygen atoms in total. The zero-order valence-electron chi connectivity index (χ0n) is 18.5. The molecule has 9 heteroatoms. The van der Waals surface area contributed by atoms with E-state index in [4.69, 9.17) is 9.47 Å². The maximum Gasteiger partial charge on any atom is 0.417 e. The van der Waals surface area contributed by atoms with Gasteiger partial charge < -0.3 is 19.3 Å². The van der Waals surface area contributed by atoms with Crippen molar-refractivity contribution in [2.24, 2.45) is 5.92 Å². The van der Waals surface area contributed by atoms with Crippen LogP contribution >= 0.6 is 0 Å². The fourth-order valence-corrected chi connectivity index (χ4v) is 3.85. The molecule has 0 aliphatic carbocycles. The minimum Gasteiger partial charge on any atom is -0.493 e. The molecule has 0 spiro atoms. The molecule has 0 radical (unpaired) electrons. The highest BCUT2D eigenvalue weighted by Gasteiger charge is 2.32. The standard InChI is InChI=1S/C23H28F3N3O3/c1-28(11-8-16-4-6-19(31-2)20(14-16)32-3)22(30)17-9-12-29(13-10-17)21-7-5-18(15-27-21)23(24,25)26/h4-7,14-15,17H,8-13H2,1-3H3. The van der Waals surface area contributed by atoms with Gasteiger partial charge in [0.25, 0.3) is 0 Å². The molecule has 0 bridgehead atoms. The minimum absolute atomic E-state index is 0.0884. The van der Waals surface area contributed by atoms with Crippen LogP contribution in [0.4, 0.5) is 19.0 Å². The lowest BCUT2D eigenvalue weighted by Crippen LogP contribution is -2.42. The van der Waals surface area contributed by atoms with E-state index in [1.54, 1.807) is 26.2 Å². The molecule has 1 aliphatic heterocycles. The van der Waals surface area contributed by atoms with E-state index in [0.717, 1.165) is 17.8 Å². The molecule has 3 rings (SSSR count). The third-order valence-electron chi connectivity index (χ3n) is 5.80. The number of anilines is 1. The minimum atomic E-state index is -4.40. The number of aromatic nitrogens is 1. The number of benzene rings is 1. The van der Waals surface area contributed by atoms with Crippen molar-refractivity contribution in [2.45, 2.75) is 25.4 Å². The van der Waals surface area contributed by atoms with Crippen molar-refractivity contribution in [2.75, 3.05) is 45.8 Å². The molecule has 1 fully saturated rings. The number of ether oxygens (including phenoxy) is 2. The highest BCUT2D eigenvalue weighted by molar-refractivity contribution is 5.79. The summed E-state index contributed by atoms with van der Waals surface area (Å²) in [5, 5.41) is 0. The molecule has 2 aromatic rings. The number of likely N-dealkylation sites (N-methyl/N-ethyl adjacent to an activating group) is 1. The third-order valence-corrected chi connectivity index (χ3v) is 5.80.